The minimum Gasteiger partial charge on any atom is -0.481 e. The first-order valence-corrected chi connectivity index (χ1v) is 21.8. The average Bonchev–Trinajstić information content (AvgIpc) is 3.09. The van der Waals surface area contributed by atoms with E-state index < -0.39 is 16.1 Å². The summed E-state index contributed by atoms with van der Waals surface area (Å²) in [5.74, 6) is 0.201. The zero-order valence-electron chi connectivity index (χ0n) is 33.9. The Morgan fingerprint density at radius 1 is 0.769 bits per heavy atom. The molecule has 295 valence electrons. The number of carbonyl (C=O) groups excluding carboxylic acids is 1. The van der Waals surface area contributed by atoms with Gasteiger partial charge in [0, 0.05) is 12.6 Å². The van der Waals surface area contributed by atoms with Gasteiger partial charge in [-0.15, -0.1) is 4.47 Å². The fourth-order valence-corrected chi connectivity index (χ4v) is 8.37. The molecule has 0 aliphatic rings. The van der Waals surface area contributed by atoms with Crippen molar-refractivity contribution in [2.45, 2.75) is 180 Å². The van der Waals surface area contributed by atoms with Crippen LogP contribution in [0.4, 0.5) is 5.69 Å². The van der Waals surface area contributed by atoms with Crippen molar-refractivity contribution >= 4 is 21.6 Å². The SMILES string of the molecule is [CH2]CNC(=O)C(CCCCCCCCCCCC)Oc1cccc(N(OCCCCCCCC)S(=O)(=O)c2cccc(C(C)(C)CC(C)(C)C)c2)c1. The average molecular weight is 742 g/mol. The molecule has 1 N–H and O–H groups in total. The third-order valence-corrected chi connectivity index (χ3v) is 11.1. The smallest absolute Gasteiger partial charge is 0.286 e. The van der Waals surface area contributed by atoms with E-state index in [1.165, 1.54) is 57.8 Å². The van der Waals surface area contributed by atoms with E-state index in [2.05, 4.69) is 60.7 Å². The van der Waals surface area contributed by atoms with Gasteiger partial charge in [0.1, 0.15) is 5.75 Å². The number of nitrogens with zero attached hydrogens (tertiary/aromatic N) is 1. The Labute approximate surface area is 319 Å². The van der Waals surface area contributed by atoms with Crippen molar-refractivity contribution in [2.75, 3.05) is 17.6 Å². The molecule has 1 unspecified atom stereocenters. The number of unbranched alkanes of at least 4 members (excludes halogenated alkanes) is 14. The summed E-state index contributed by atoms with van der Waals surface area (Å²) in [7, 11) is -4.12. The molecule has 0 bridgehead atoms. The molecule has 1 radical (unpaired) electrons. The van der Waals surface area contributed by atoms with Crippen LogP contribution >= 0.6 is 0 Å². The molecular weight excluding hydrogens is 669 g/mol. The first-order valence-electron chi connectivity index (χ1n) is 20.4. The number of hydrogen-bond donors (Lipinski definition) is 1. The van der Waals surface area contributed by atoms with Gasteiger partial charge in [0.05, 0.1) is 17.2 Å². The van der Waals surface area contributed by atoms with Crippen LogP contribution in [-0.2, 0) is 25.1 Å². The fourth-order valence-electron chi connectivity index (χ4n) is 7.05. The lowest BCUT2D eigenvalue weighted by Gasteiger charge is -2.33. The van der Waals surface area contributed by atoms with E-state index in [0.29, 0.717) is 17.9 Å². The van der Waals surface area contributed by atoms with Crippen LogP contribution in [0.25, 0.3) is 0 Å². The number of sulfonamides is 1. The summed E-state index contributed by atoms with van der Waals surface area (Å²) in [6.45, 7) is 19.7. The second kappa shape index (κ2) is 24.0. The lowest BCUT2D eigenvalue weighted by Crippen LogP contribution is -2.38. The molecule has 0 aliphatic heterocycles. The quantitative estimate of drug-likeness (QED) is 0.0693. The van der Waals surface area contributed by atoms with Crippen molar-refractivity contribution < 1.29 is 22.8 Å². The van der Waals surface area contributed by atoms with Gasteiger partial charge in [-0.25, -0.2) is 0 Å². The van der Waals surface area contributed by atoms with E-state index >= 15 is 0 Å². The molecule has 7 nitrogen and oxygen atoms in total. The molecule has 0 saturated heterocycles. The summed E-state index contributed by atoms with van der Waals surface area (Å²) < 4.78 is 36.2. The largest absolute Gasteiger partial charge is 0.481 e. The van der Waals surface area contributed by atoms with Gasteiger partial charge in [0.15, 0.2) is 6.10 Å². The van der Waals surface area contributed by atoms with E-state index in [-0.39, 0.29) is 34.8 Å². The van der Waals surface area contributed by atoms with Crippen LogP contribution in [0.15, 0.2) is 53.4 Å². The van der Waals surface area contributed by atoms with Gasteiger partial charge in [0.2, 0.25) is 0 Å². The number of rotatable bonds is 28. The highest BCUT2D eigenvalue weighted by Crippen LogP contribution is 2.38. The molecule has 0 aromatic heterocycles. The molecule has 2 aromatic rings. The molecule has 1 atom stereocenters. The molecule has 0 saturated carbocycles. The van der Waals surface area contributed by atoms with Gasteiger partial charge < -0.3 is 10.1 Å². The van der Waals surface area contributed by atoms with Crippen LogP contribution in [0.3, 0.4) is 0 Å². The standard InChI is InChI=1S/C44H73N2O5S/c1-9-12-14-16-18-19-20-21-22-24-32-41(42(47)45-11-3)51-39-30-27-29-38(35-39)46(50-33-25-23-17-15-13-10-2)52(48,49)40-31-26-28-37(34-40)44(7,8)36-43(4,5)6/h26-31,34-35,41H,3,9-25,32-33,36H2,1-2,4-8H3,(H,45,47). The number of benzene rings is 2. The number of ether oxygens (including phenoxy) is 1. The summed E-state index contributed by atoms with van der Waals surface area (Å²) in [5.41, 5.74) is 1.13. The molecule has 1 amide bonds. The van der Waals surface area contributed by atoms with Gasteiger partial charge in [-0.3, -0.25) is 9.63 Å². The highest BCUT2D eigenvalue weighted by Gasteiger charge is 2.31. The summed E-state index contributed by atoms with van der Waals surface area (Å²) in [6, 6.07) is 14.1. The second-order valence-corrected chi connectivity index (χ2v) is 18.1. The van der Waals surface area contributed by atoms with Gasteiger partial charge in [-0.05, 0) is 73.3 Å². The topological polar surface area (TPSA) is 84.9 Å². The predicted octanol–water partition coefficient (Wildman–Crippen LogP) is 11.9. The molecule has 0 aliphatic carbocycles. The van der Waals surface area contributed by atoms with Crippen molar-refractivity contribution in [3.8, 4) is 5.75 Å². The molecule has 0 spiro atoms. The minimum absolute atomic E-state index is 0.0705. The van der Waals surface area contributed by atoms with E-state index in [1.807, 2.05) is 12.1 Å². The van der Waals surface area contributed by atoms with Crippen LogP contribution in [0.2, 0.25) is 0 Å². The van der Waals surface area contributed by atoms with E-state index in [1.54, 1.807) is 36.4 Å². The van der Waals surface area contributed by atoms with Crippen LogP contribution in [0, 0.1) is 12.3 Å². The third kappa shape index (κ3) is 17.0. The molecule has 8 heteroatoms. The molecule has 0 heterocycles. The van der Waals surface area contributed by atoms with Crippen LogP contribution < -0.4 is 14.5 Å². The zero-order chi connectivity index (χ0) is 38.5. The Bertz CT molecular complexity index is 1390. The monoisotopic (exact) mass is 742 g/mol. The van der Waals surface area contributed by atoms with Crippen molar-refractivity contribution in [1.82, 2.24) is 5.32 Å². The van der Waals surface area contributed by atoms with Crippen LogP contribution in [0.1, 0.15) is 170 Å². The van der Waals surface area contributed by atoms with Crippen LogP contribution in [-0.4, -0.2) is 33.6 Å². The summed E-state index contributed by atoms with van der Waals surface area (Å²) in [6.07, 6.45) is 19.2. The van der Waals surface area contributed by atoms with E-state index in [9.17, 15) is 13.2 Å². The maximum atomic E-state index is 14.4. The van der Waals surface area contributed by atoms with Crippen molar-refractivity contribution in [3.05, 3.63) is 61.0 Å². The summed E-state index contributed by atoms with van der Waals surface area (Å²) in [4.78, 5) is 19.4. The molecule has 2 aromatic carbocycles. The molecular formula is C44H73N2O5S. The first-order chi connectivity index (χ1) is 24.7. The Hall–Kier alpha value is -2.58. The van der Waals surface area contributed by atoms with Crippen molar-refractivity contribution in [2.24, 2.45) is 5.41 Å². The normalized spacial score (nSPS) is 12.8. The second-order valence-electron chi connectivity index (χ2n) is 16.3. The number of amides is 1. The van der Waals surface area contributed by atoms with Gasteiger partial charge in [-0.2, -0.15) is 8.42 Å². The van der Waals surface area contributed by atoms with Crippen molar-refractivity contribution in [1.29, 1.82) is 0 Å². The highest BCUT2D eigenvalue weighted by molar-refractivity contribution is 7.92. The lowest BCUT2D eigenvalue weighted by molar-refractivity contribution is -0.128. The number of anilines is 1. The zero-order valence-corrected chi connectivity index (χ0v) is 34.8. The molecule has 52 heavy (non-hydrogen) atoms. The number of nitrogens with one attached hydrogen (secondary N) is 1. The Morgan fingerprint density at radius 3 is 1.90 bits per heavy atom. The Kier molecular flexibility index (Phi) is 21.0. The third-order valence-electron chi connectivity index (χ3n) is 9.53. The number of carbonyl (C=O) groups is 1. The van der Waals surface area contributed by atoms with Gasteiger partial charge in [-0.1, -0.05) is 157 Å². The molecule has 0 fully saturated rings. The van der Waals surface area contributed by atoms with E-state index in [0.717, 1.165) is 61.4 Å². The number of hydrogen-bond acceptors (Lipinski definition) is 5. The minimum atomic E-state index is -4.12. The van der Waals surface area contributed by atoms with Gasteiger partial charge in [0.25, 0.3) is 15.9 Å². The predicted molar refractivity (Wildman–Crippen MR) is 218 cm³/mol. The lowest BCUT2D eigenvalue weighted by atomic mass is 9.72. The van der Waals surface area contributed by atoms with Gasteiger partial charge >= 0.3 is 0 Å². The summed E-state index contributed by atoms with van der Waals surface area (Å²) in [5, 5.41) is 2.81. The highest BCUT2D eigenvalue weighted by atomic mass is 32.2. The van der Waals surface area contributed by atoms with E-state index in [4.69, 9.17) is 9.57 Å². The first kappa shape index (κ1) is 45.6. The Morgan fingerprint density at radius 2 is 1.33 bits per heavy atom. The molecule has 2 rings (SSSR count). The maximum absolute atomic E-state index is 14.4. The van der Waals surface area contributed by atoms with Crippen molar-refractivity contribution in [3.63, 3.8) is 0 Å². The fraction of sp³-hybridized carbons (Fsp3) is 0.682. The summed E-state index contributed by atoms with van der Waals surface area (Å²) >= 11 is 0. The van der Waals surface area contributed by atoms with Crippen LogP contribution in [0.5, 0.6) is 5.75 Å². The Balaban J connectivity index is 2.28. The maximum Gasteiger partial charge on any atom is 0.286 e.